The summed E-state index contributed by atoms with van der Waals surface area (Å²) in [6.07, 6.45) is -5.42. The molecule has 3 N–H and O–H groups in total. The normalized spacial score (nSPS) is 13.2. The van der Waals surface area contributed by atoms with Crippen LogP contribution >= 0.6 is 0 Å². The highest BCUT2D eigenvalue weighted by Crippen LogP contribution is 2.33. The molecular formula is C26H27F6N5. The first-order valence-corrected chi connectivity index (χ1v) is 11.5. The first-order valence-electron chi connectivity index (χ1n) is 11.5. The lowest BCUT2D eigenvalue weighted by Gasteiger charge is -2.17. The topological polar surface area (TPSA) is 67.1 Å². The van der Waals surface area contributed by atoms with Gasteiger partial charge in [0.25, 0.3) is 0 Å². The predicted octanol–water partition coefficient (Wildman–Crippen LogP) is 6.74. The molecule has 0 atom stereocenters. The third-order valence-corrected chi connectivity index (χ3v) is 5.47. The Kier molecular flexibility index (Phi) is 8.80. The van der Waals surface area contributed by atoms with Crippen molar-refractivity contribution in [2.24, 2.45) is 5.73 Å². The Labute approximate surface area is 210 Å². The fourth-order valence-corrected chi connectivity index (χ4v) is 3.73. The molecule has 0 aliphatic carbocycles. The Hall–Kier alpha value is -3.60. The summed E-state index contributed by atoms with van der Waals surface area (Å²) in [5, 5.41) is 3.55. The second kappa shape index (κ2) is 11.6. The molecule has 198 valence electrons. The smallest absolute Gasteiger partial charge is 0.405 e. The van der Waals surface area contributed by atoms with Crippen molar-refractivity contribution in [2.75, 3.05) is 18.9 Å². The number of hydrogen-bond donors (Lipinski definition) is 2. The van der Waals surface area contributed by atoms with Gasteiger partial charge in [-0.25, -0.2) is 9.97 Å². The molecule has 3 rings (SSSR count). The van der Waals surface area contributed by atoms with E-state index in [1.807, 2.05) is 18.9 Å². The summed E-state index contributed by atoms with van der Waals surface area (Å²) in [5.74, 6) is 0.765. The molecule has 0 bridgehead atoms. The largest absolute Gasteiger partial charge is 0.416 e. The van der Waals surface area contributed by atoms with E-state index in [2.05, 4.69) is 15.3 Å². The van der Waals surface area contributed by atoms with Crippen LogP contribution in [0.1, 0.15) is 30.3 Å². The van der Waals surface area contributed by atoms with Gasteiger partial charge in [-0.3, -0.25) is 4.90 Å². The Bertz CT molecular complexity index is 1260. The zero-order chi connectivity index (χ0) is 27.2. The van der Waals surface area contributed by atoms with Crippen LogP contribution in [0, 0.1) is 0 Å². The molecule has 0 radical (unpaired) electrons. The first-order chi connectivity index (χ1) is 17.4. The lowest BCUT2D eigenvalue weighted by molar-refractivity contribution is -0.137. The minimum absolute atomic E-state index is 0.342. The van der Waals surface area contributed by atoms with Crippen molar-refractivity contribution in [3.05, 3.63) is 83.3 Å². The summed E-state index contributed by atoms with van der Waals surface area (Å²) >= 11 is 0. The van der Waals surface area contributed by atoms with Gasteiger partial charge >= 0.3 is 12.4 Å². The van der Waals surface area contributed by atoms with Crippen molar-refractivity contribution in [2.45, 2.75) is 38.7 Å². The molecule has 0 saturated carbocycles. The van der Waals surface area contributed by atoms with E-state index in [1.165, 1.54) is 18.2 Å². The van der Waals surface area contributed by atoms with Gasteiger partial charge in [0.2, 0.25) is 0 Å². The van der Waals surface area contributed by atoms with E-state index in [4.69, 9.17) is 5.73 Å². The monoisotopic (exact) mass is 523 g/mol. The molecule has 0 spiro atoms. The van der Waals surface area contributed by atoms with Crippen molar-refractivity contribution in [1.29, 1.82) is 0 Å². The highest BCUT2D eigenvalue weighted by Gasteiger charge is 2.33. The highest BCUT2D eigenvalue weighted by molar-refractivity contribution is 5.91. The molecule has 0 unspecified atom stereocenters. The summed E-state index contributed by atoms with van der Waals surface area (Å²) < 4.78 is 79.2. The van der Waals surface area contributed by atoms with Gasteiger partial charge in [0.05, 0.1) is 17.6 Å². The number of aromatic nitrogens is 2. The van der Waals surface area contributed by atoms with E-state index < -0.39 is 23.5 Å². The van der Waals surface area contributed by atoms with Gasteiger partial charge in [-0.2, -0.15) is 26.3 Å². The van der Waals surface area contributed by atoms with Gasteiger partial charge in [-0.15, -0.1) is 0 Å². The van der Waals surface area contributed by atoms with Crippen molar-refractivity contribution < 1.29 is 26.3 Å². The molecule has 1 heterocycles. The molecule has 3 aromatic rings. The minimum Gasteiger partial charge on any atom is -0.405 e. The van der Waals surface area contributed by atoms with Crippen molar-refractivity contribution in [3.63, 3.8) is 0 Å². The van der Waals surface area contributed by atoms with Crippen LogP contribution in [0.2, 0.25) is 0 Å². The molecule has 0 amide bonds. The van der Waals surface area contributed by atoms with Crippen molar-refractivity contribution >= 4 is 22.4 Å². The second-order valence-corrected chi connectivity index (χ2v) is 8.53. The lowest BCUT2D eigenvalue weighted by Crippen LogP contribution is -2.20. The highest BCUT2D eigenvalue weighted by atomic mass is 19.4. The Morgan fingerprint density at radius 3 is 2.32 bits per heavy atom. The van der Waals surface area contributed by atoms with Gasteiger partial charge in [0.15, 0.2) is 0 Å². The molecular weight excluding hydrogens is 496 g/mol. The Balaban J connectivity index is 2.02. The molecule has 37 heavy (non-hydrogen) atoms. The molecule has 0 aliphatic rings. The average molecular weight is 524 g/mol. The predicted molar refractivity (Wildman–Crippen MR) is 132 cm³/mol. The molecule has 1 aromatic heterocycles. The molecule has 2 aromatic carbocycles. The number of fused-ring (bicyclic) bond motifs is 1. The Morgan fingerprint density at radius 2 is 1.73 bits per heavy atom. The zero-order valence-electron chi connectivity index (χ0n) is 20.3. The molecule has 0 fully saturated rings. The number of nitrogens with one attached hydrogen (secondary N) is 1. The fourth-order valence-electron chi connectivity index (χ4n) is 3.73. The van der Waals surface area contributed by atoms with E-state index in [-0.39, 0.29) is 6.42 Å². The number of nitrogens with zero attached hydrogens (tertiary/aromatic N) is 3. The number of hydrogen-bond acceptors (Lipinski definition) is 5. The number of alkyl halides is 6. The van der Waals surface area contributed by atoms with Gasteiger partial charge in [0.1, 0.15) is 11.6 Å². The van der Waals surface area contributed by atoms with Crippen LogP contribution in [-0.2, 0) is 19.1 Å². The summed E-state index contributed by atoms with van der Waals surface area (Å²) in [7, 11) is 1.89. The average Bonchev–Trinajstić information content (AvgIpc) is 2.80. The van der Waals surface area contributed by atoms with Gasteiger partial charge < -0.3 is 11.1 Å². The third kappa shape index (κ3) is 7.69. The summed E-state index contributed by atoms with van der Waals surface area (Å²) in [5.41, 5.74) is 4.82. The fraction of sp³-hybridized carbons (Fsp3) is 0.308. The Morgan fingerprint density at radius 1 is 1.03 bits per heavy atom. The van der Waals surface area contributed by atoms with Crippen LogP contribution in [0.5, 0.6) is 0 Å². The van der Waals surface area contributed by atoms with Gasteiger partial charge in [-0.05, 0) is 74.3 Å². The standard InChI is InChI=1S/C26H27F6N5/c1-3-13-37(2)16-23-35-22-15-17(14-19(5-4-12-33)26(30,31)32)6-11-21(22)24(36-23)34-20-9-7-18(8-10-20)25(27,28)29/h4-12,15H,3,13-14,16,33H2,1-2H3,(H,34,35,36)/b12-4-,19-5+. The van der Waals surface area contributed by atoms with E-state index in [9.17, 15) is 26.3 Å². The maximum atomic E-state index is 13.5. The maximum Gasteiger partial charge on any atom is 0.416 e. The van der Waals surface area contributed by atoms with E-state index in [0.717, 1.165) is 43.5 Å². The summed E-state index contributed by atoms with van der Waals surface area (Å²) in [6.45, 7) is 3.18. The summed E-state index contributed by atoms with van der Waals surface area (Å²) in [4.78, 5) is 11.1. The minimum atomic E-state index is -4.54. The molecule has 0 saturated heterocycles. The van der Waals surface area contributed by atoms with Crippen LogP contribution in [0.4, 0.5) is 37.8 Å². The molecule has 0 aliphatic heterocycles. The number of halogens is 6. The quantitative estimate of drug-likeness (QED) is 0.240. The number of allylic oxidation sites excluding steroid dienone is 3. The van der Waals surface area contributed by atoms with Crippen LogP contribution in [0.15, 0.2) is 66.4 Å². The number of anilines is 2. The third-order valence-electron chi connectivity index (χ3n) is 5.47. The zero-order valence-corrected chi connectivity index (χ0v) is 20.3. The van der Waals surface area contributed by atoms with Crippen molar-refractivity contribution in [1.82, 2.24) is 14.9 Å². The molecule has 11 heteroatoms. The van der Waals surface area contributed by atoms with E-state index >= 15 is 0 Å². The van der Waals surface area contributed by atoms with Crippen LogP contribution in [0.3, 0.4) is 0 Å². The van der Waals surface area contributed by atoms with Crippen molar-refractivity contribution in [3.8, 4) is 0 Å². The summed E-state index contributed by atoms with van der Waals surface area (Å²) in [6, 6.07) is 9.20. The maximum absolute atomic E-state index is 13.5. The van der Waals surface area contributed by atoms with Gasteiger partial charge in [-0.1, -0.05) is 19.1 Å². The lowest BCUT2D eigenvalue weighted by atomic mass is 10.0. The SMILES string of the molecule is CCCN(C)Cc1nc(Nc2ccc(C(F)(F)F)cc2)c2ccc(C/C(=C\C=C/N)C(F)(F)F)cc2n1. The second-order valence-electron chi connectivity index (χ2n) is 8.53. The number of rotatable bonds is 9. The van der Waals surface area contributed by atoms with Crippen LogP contribution in [0.25, 0.3) is 10.9 Å². The number of nitrogens with two attached hydrogens (primary N) is 1. The van der Waals surface area contributed by atoms with E-state index in [0.29, 0.717) is 40.3 Å². The number of benzene rings is 2. The van der Waals surface area contributed by atoms with Gasteiger partial charge in [0, 0.05) is 23.1 Å². The van der Waals surface area contributed by atoms with Crippen LogP contribution < -0.4 is 11.1 Å². The van der Waals surface area contributed by atoms with E-state index in [1.54, 1.807) is 12.1 Å². The first kappa shape index (κ1) is 28.0. The molecule has 5 nitrogen and oxygen atoms in total. The van der Waals surface area contributed by atoms with Crippen LogP contribution in [-0.4, -0.2) is 34.6 Å².